The van der Waals surface area contributed by atoms with Crippen molar-refractivity contribution in [1.82, 2.24) is 4.57 Å². The average Bonchev–Trinajstić information content (AvgIpc) is 2.63. The second-order valence-electron chi connectivity index (χ2n) is 3.71. The van der Waals surface area contributed by atoms with Crippen LogP contribution in [0.2, 0.25) is 0 Å². The van der Waals surface area contributed by atoms with E-state index in [1.54, 1.807) is 0 Å². The Hall–Kier alpha value is -2.05. The molecule has 2 aromatic rings. The summed E-state index contributed by atoms with van der Waals surface area (Å²) in [6.07, 6.45) is -4.78. The molecule has 0 unspecified atom stereocenters. The maximum Gasteiger partial charge on any atom is 0.431 e. The number of hydrogen-bond acceptors (Lipinski definition) is 2. The number of rotatable bonds is 0. The lowest BCUT2D eigenvalue weighted by Gasteiger charge is -2.09. The van der Waals surface area contributed by atoms with Gasteiger partial charge in [-0.05, 0) is 18.2 Å². The molecule has 0 saturated carbocycles. The number of phenols is 1. The minimum Gasteiger partial charge on any atom is -0.505 e. The maximum atomic E-state index is 13.5. The molecule has 1 aromatic heterocycles. The van der Waals surface area contributed by atoms with Crippen LogP contribution in [-0.2, 0) is 6.18 Å². The molecule has 18 heavy (non-hydrogen) atoms. The normalized spacial score (nSPS) is 12.1. The van der Waals surface area contributed by atoms with Gasteiger partial charge in [-0.2, -0.15) is 13.2 Å². The van der Waals surface area contributed by atoms with Gasteiger partial charge in [0, 0.05) is 12.3 Å². The third kappa shape index (κ3) is 1.71. The van der Waals surface area contributed by atoms with Crippen molar-refractivity contribution in [3.8, 4) is 5.75 Å². The van der Waals surface area contributed by atoms with E-state index in [4.69, 9.17) is 5.11 Å². The molecule has 2 rings (SSSR count). The number of aromatic hydroxyl groups is 1. The van der Waals surface area contributed by atoms with Gasteiger partial charge in [-0.25, -0.2) is 4.39 Å². The molecule has 0 aliphatic rings. The zero-order chi connectivity index (χ0) is 13.7. The van der Waals surface area contributed by atoms with Crippen LogP contribution in [0.25, 0.3) is 10.9 Å². The molecule has 7 heteroatoms. The van der Waals surface area contributed by atoms with E-state index in [-0.39, 0.29) is 5.52 Å². The molecule has 0 aliphatic carbocycles. The smallest absolute Gasteiger partial charge is 0.431 e. The van der Waals surface area contributed by atoms with Gasteiger partial charge in [0.05, 0.1) is 5.52 Å². The first-order chi connectivity index (χ1) is 8.23. The van der Waals surface area contributed by atoms with E-state index in [0.29, 0.717) is 10.6 Å². The zero-order valence-corrected chi connectivity index (χ0v) is 9.05. The summed E-state index contributed by atoms with van der Waals surface area (Å²) in [6, 6.07) is 2.47. The number of benzene rings is 1. The summed E-state index contributed by atoms with van der Waals surface area (Å²) >= 11 is 0. The van der Waals surface area contributed by atoms with Crippen molar-refractivity contribution in [3.05, 3.63) is 29.7 Å². The molecule has 0 spiro atoms. The quantitative estimate of drug-likeness (QED) is 0.740. The van der Waals surface area contributed by atoms with Crippen molar-refractivity contribution in [2.45, 2.75) is 13.1 Å². The van der Waals surface area contributed by atoms with E-state index in [1.165, 1.54) is 0 Å². The summed E-state index contributed by atoms with van der Waals surface area (Å²) in [5.74, 6) is -2.84. The van der Waals surface area contributed by atoms with Gasteiger partial charge >= 0.3 is 6.18 Å². The third-order valence-corrected chi connectivity index (χ3v) is 2.50. The van der Waals surface area contributed by atoms with E-state index in [1.807, 2.05) is 0 Å². The number of nitrogens with zero attached hydrogens (tertiary/aromatic N) is 1. The lowest BCUT2D eigenvalue weighted by Crippen LogP contribution is -2.17. The van der Waals surface area contributed by atoms with Gasteiger partial charge in [-0.3, -0.25) is 9.36 Å². The van der Waals surface area contributed by atoms with Crippen LogP contribution in [0.1, 0.15) is 17.4 Å². The van der Waals surface area contributed by atoms with Crippen molar-refractivity contribution >= 4 is 16.8 Å². The number of phenolic OH excluding ortho intramolecular Hbond substituents is 1. The molecule has 0 bridgehead atoms. The molecule has 3 nitrogen and oxygen atoms in total. The monoisotopic (exact) mass is 261 g/mol. The number of hydrogen-bond donors (Lipinski definition) is 1. The van der Waals surface area contributed by atoms with E-state index in [2.05, 4.69) is 0 Å². The SMILES string of the molecule is CC(=O)n1c(C(F)(F)F)cc2c(F)c(O)ccc21. The first-order valence-corrected chi connectivity index (χ1v) is 4.84. The van der Waals surface area contributed by atoms with Crippen molar-refractivity contribution in [3.63, 3.8) is 0 Å². The van der Waals surface area contributed by atoms with Crippen molar-refractivity contribution in [1.29, 1.82) is 0 Å². The fraction of sp³-hybridized carbons (Fsp3) is 0.182. The number of fused-ring (bicyclic) bond motifs is 1. The van der Waals surface area contributed by atoms with Crippen LogP contribution in [0.4, 0.5) is 17.6 Å². The molecular formula is C11H7F4NO2. The third-order valence-electron chi connectivity index (χ3n) is 2.50. The molecule has 0 fully saturated rings. The Morgan fingerprint density at radius 1 is 1.33 bits per heavy atom. The van der Waals surface area contributed by atoms with Gasteiger partial charge in [0.2, 0.25) is 5.91 Å². The molecule has 0 atom stereocenters. The Morgan fingerprint density at radius 3 is 2.44 bits per heavy atom. The van der Waals surface area contributed by atoms with Gasteiger partial charge in [0.15, 0.2) is 11.6 Å². The lowest BCUT2D eigenvalue weighted by atomic mass is 10.2. The van der Waals surface area contributed by atoms with E-state index < -0.39 is 34.7 Å². The van der Waals surface area contributed by atoms with E-state index in [0.717, 1.165) is 19.1 Å². The Kier molecular flexibility index (Phi) is 2.57. The molecule has 96 valence electrons. The fourth-order valence-corrected chi connectivity index (χ4v) is 1.78. The summed E-state index contributed by atoms with van der Waals surface area (Å²) in [7, 11) is 0. The molecule has 1 heterocycles. The Balaban J connectivity index is 2.92. The fourth-order valence-electron chi connectivity index (χ4n) is 1.78. The second kappa shape index (κ2) is 3.72. The second-order valence-corrected chi connectivity index (χ2v) is 3.71. The number of carbonyl (C=O) groups excluding carboxylic acids is 1. The molecule has 0 saturated heterocycles. The molecular weight excluding hydrogens is 254 g/mol. The van der Waals surface area contributed by atoms with Crippen LogP contribution in [0.5, 0.6) is 5.75 Å². The number of carbonyl (C=O) groups is 1. The number of halogens is 4. The van der Waals surface area contributed by atoms with Gasteiger partial charge in [0.25, 0.3) is 0 Å². The van der Waals surface area contributed by atoms with Crippen LogP contribution < -0.4 is 0 Å². The predicted molar refractivity (Wildman–Crippen MR) is 54.9 cm³/mol. The lowest BCUT2D eigenvalue weighted by molar-refractivity contribution is -0.142. The first kappa shape index (κ1) is 12.4. The summed E-state index contributed by atoms with van der Waals surface area (Å²) < 4.78 is 52.0. The summed E-state index contributed by atoms with van der Waals surface area (Å²) in [5, 5.41) is 8.66. The summed E-state index contributed by atoms with van der Waals surface area (Å²) in [4.78, 5) is 11.3. The van der Waals surface area contributed by atoms with Crippen LogP contribution in [0.3, 0.4) is 0 Å². The van der Waals surface area contributed by atoms with E-state index >= 15 is 0 Å². The largest absolute Gasteiger partial charge is 0.505 e. The molecule has 0 amide bonds. The van der Waals surface area contributed by atoms with Gasteiger partial charge in [-0.15, -0.1) is 0 Å². The highest BCUT2D eigenvalue weighted by Crippen LogP contribution is 2.36. The highest BCUT2D eigenvalue weighted by atomic mass is 19.4. The van der Waals surface area contributed by atoms with Crippen LogP contribution in [-0.4, -0.2) is 15.6 Å². The van der Waals surface area contributed by atoms with Crippen molar-refractivity contribution < 1.29 is 27.5 Å². The molecule has 1 aromatic carbocycles. The Morgan fingerprint density at radius 2 is 1.94 bits per heavy atom. The molecule has 1 N–H and O–H groups in total. The Labute approximate surface area is 98.2 Å². The topological polar surface area (TPSA) is 42.2 Å². The minimum absolute atomic E-state index is 0.231. The number of aromatic nitrogens is 1. The summed E-state index contributed by atoms with van der Waals surface area (Å²) in [5.41, 5.74) is -1.50. The molecule has 0 aliphatic heterocycles. The highest BCUT2D eigenvalue weighted by Gasteiger charge is 2.37. The average molecular weight is 261 g/mol. The van der Waals surface area contributed by atoms with Gasteiger partial charge in [-0.1, -0.05) is 0 Å². The van der Waals surface area contributed by atoms with Crippen molar-refractivity contribution in [2.24, 2.45) is 0 Å². The van der Waals surface area contributed by atoms with Crippen LogP contribution in [0.15, 0.2) is 18.2 Å². The molecule has 0 radical (unpaired) electrons. The van der Waals surface area contributed by atoms with Gasteiger partial charge < -0.3 is 5.11 Å². The highest BCUT2D eigenvalue weighted by molar-refractivity contribution is 5.94. The Bertz CT molecular complexity index is 643. The minimum atomic E-state index is -4.78. The van der Waals surface area contributed by atoms with Crippen LogP contribution in [0, 0.1) is 5.82 Å². The predicted octanol–water partition coefficient (Wildman–Crippen LogP) is 3.16. The summed E-state index contributed by atoms with van der Waals surface area (Å²) in [6.45, 7) is 0.944. The van der Waals surface area contributed by atoms with Crippen molar-refractivity contribution in [2.75, 3.05) is 0 Å². The van der Waals surface area contributed by atoms with Crippen LogP contribution >= 0.6 is 0 Å². The van der Waals surface area contributed by atoms with E-state index in [9.17, 15) is 22.4 Å². The zero-order valence-electron chi connectivity index (χ0n) is 9.05. The standard InChI is InChI=1S/C11H7F4NO2/c1-5(17)16-7-2-3-8(18)10(12)6(7)4-9(16)11(13,14)15/h2-4,18H,1H3. The number of alkyl halides is 3. The first-order valence-electron chi connectivity index (χ1n) is 4.84. The maximum absolute atomic E-state index is 13.5. The van der Waals surface area contributed by atoms with Gasteiger partial charge in [0.1, 0.15) is 5.69 Å².